The normalized spacial score (nSPS) is 10.3. The monoisotopic (exact) mass is 348 g/mol. The van der Waals surface area contributed by atoms with Gasteiger partial charge in [-0.25, -0.2) is 0 Å². The van der Waals surface area contributed by atoms with Crippen LogP contribution in [0.3, 0.4) is 0 Å². The van der Waals surface area contributed by atoms with Gasteiger partial charge < -0.3 is 10.6 Å². The quantitative estimate of drug-likeness (QED) is 0.719. The van der Waals surface area contributed by atoms with Crippen molar-refractivity contribution in [3.63, 3.8) is 0 Å². The van der Waals surface area contributed by atoms with Crippen LogP contribution in [0.1, 0.15) is 28.4 Å². The third-order valence-electron chi connectivity index (χ3n) is 3.89. The first-order valence-electron chi connectivity index (χ1n) is 8.32. The summed E-state index contributed by atoms with van der Waals surface area (Å²) in [5, 5.41) is 9.84. The van der Waals surface area contributed by atoms with Crippen molar-refractivity contribution >= 4 is 17.5 Å². The predicted octanol–water partition coefficient (Wildman–Crippen LogP) is 2.82. The van der Waals surface area contributed by atoms with Crippen LogP contribution in [0.2, 0.25) is 0 Å². The Bertz CT molecular complexity index is 904. The lowest BCUT2D eigenvalue weighted by Crippen LogP contribution is -2.23. The highest BCUT2D eigenvalue weighted by Gasteiger charge is 2.09. The lowest BCUT2D eigenvalue weighted by molar-refractivity contribution is -0.114. The van der Waals surface area contributed by atoms with Crippen LogP contribution in [-0.2, 0) is 17.9 Å². The molecule has 0 unspecified atom stereocenters. The highest BCUT2D eigenvalue weighted by atomic mass is 16.2. The van der Waals surface area contributed by atoms with E-state index >= 15 is 0 Å². The van der Waals surface area contributed by atoms with E-state index in [1.54, 1.807) is 30.5 Å². The predicted molar refractivity (Wildman–Crippen MR) is 99.7 cm³/mol. The third-order valence-corrected chi connectivity index (χ3v) is 3.89. The van der Waals surface area contributed by atoms with Crippen molar-refractivity contribution < 1.29 is 9.59 Å². The number of nitrogens with zero attached hydrogens (tertiary/aromatic N) is 2. The van der Waals surface area contributed by atoms with Gasteiger partial charge in [0, 0.05) is 37.1 Å². The van der Waals surface area contributed by atoms with E-state index in [9.17, 15) is 9.59 Å². The molecule has 2 aromatic carbocycles. The van der Waals surface area contributed by atoms with Gasteiger partial charge in [0.2, 0.25) is 5.91 Å². The second-order valence-electron chi connectivity index (χ2n) is 5.92. The average Bonchev–Trinajstić information content (AvgIpc) is 3.13. The Morgan fingerprint density at radius 1 is 1.04 bits per heavy atom. The van der Waals surface area contributed by atoms with Crippen molar-refractivity contribution in [1.82, 2.24) is 15.1 Å². The van der Waals surface area contributed by atoms with E-state index in [0.717, 1.165) is 11.1 Å². The maximum Gasteiger partial charge on any atom is 0.251 e. The van der Waals surface area contributed by atoms with E-state index in [-0.39, 0.29) is 11.8 Å². The van der Waals surface area contributed by atoms with Gasteiger partial charge in [-0.2, -0.15) is 5.10 Å². The molecule has 0 spiro atoms. The van der Waals surface area contributed by atoms with Crippen LogP contribution in [0.4, 0.5) is 5.69 Å². The summed E-state index contributed by atoms with van der Waals surface area (Å²) in [6, 6.07) is 16.7. The van der Waals surface area contributed by atoms with Gasteiger partial charge in [-0.3, -0.25) is 14.3 Å². The number of carbonyl (C=O) groups is 2. The molecule has 0 fully saturated rings. The van der Waals surface area contributed by atoms with Crippen LogP contribution in [0.25, 0.3) is 0 Å². The fraction of sp³-hybridized carbons (Fsp3) is 0.150. The van der Waals surface area contributed by atoms with Gasteiger partial charge in [-0.05, 0) is 35.4 Å². The van der Waals surface area contributed by atoms with Crippen molar-refractivity contribution in [3.8, 4) is 0 Å². The first kappa shape index (κ1) is 17.4. The number of amides is 2. The molecule has 0 radical (unpaired) electrons. The zero-order valence-electron chi connectivity index (χ0n) is 14.5. The van der Waals surface area contributed by atoms with Gasteiger partial charge in [0.15, 0.2) is 0 Å². The number of rotatable bonds is 6. The Morgan fingerprint density at radius 2 is 1.85 bits per heavy atom. The molecule has 2 N–H and O–H groups in total. The highest BCUT2D eigenvalue weighted by Crippen LogP contribution is 2.13. The molecule has 1 heterocycles. The summed E-state index contributed by atoms with van der Waals surface area (Å²) in [6.45, 7) is 2.50. The van der Waals surface area contributed by atoms with E-state index < -0.39 is 0 Å². The van der Waals surface area contributed by atoms with Crippen LogP contribution in [0, 0.1) is 0 Å². The fourth-order valence-corrected chi connectivity index (χ4v) is 2.67. The molecule has 0 aliphatic rings. The zero-order valence-corrected chi connectivity index (χ0v) is 14.5. The summed E-state index contributed by atoms with van der Waals surface area (Å²) < 4.78 is 1.84. The molecular formula is C20H20N4O2. The molecule has 0 bridgehead atoms. The molecule has 6 nitrogen and oxygen atoms in total. The standard InChI is InChI=1S/C20H20N4O2/c1-15(25)23-19-9-4-8-16(12-19)20(26)21-13-17-6-2-3-7-18(17)14-24-11-5-10-22-24/h2-12H,13-14H2,1H3,(H,21,26)(H,23,25). The van der Waals surface area contributed by atoms with E-state index in [1.807, 2.05) is 41.2 Å². The summed E-state index contributed by atoms with van der Waals surface area (Å²) in [5.74, 6) is -0.360. The van der Waals surface area contributed by atoms with Crippen LogP contribution >= 0.6 is 0 Å². The molecule has 0 aliphatic carbocycles. The van der Waals surface area contributed by atoms with Gasteiger partial charge in [0.05, 0.1) is 6.54 Å². The first-order valence-corrected chi connectivity index (χ1v) is 8.32. The Labute approximate surface area is 151 Å². The number of anilines is 1. The lowest BCUT2D eigenvalue weighted by Gasteiger charge is -2.11. The summed E-state index contributed by atoms with van der Waals surface area (Å²) in [6.07, 6.45) is 3.65. The smallest absolute Gasteiger partial charge is 0.251 e. The molecule has 1 aromatic heterocycles. The van der Waals surface area contributed by atoms with Crippen LogP contribution < -0.4 is 10.6 Å². The maximum atomic E-state index is 12.4. The van der Waals surface area contributed by atoms with Gasteiger partial charge >= 0.3 is 0 Å². The fourth-order valence-electron chi connectivity index (χ4n) is 2.67. The van der Waals surface area contributed by atoms with Crippen LogP contribution in [0.15, 0.2) is 67.0 Å². The van der Waals surface area contributed by atoms with Gasteiger partial charge in [0.1, 0.15) is 0 Å². The number of aromatic nitrogens is 2. The second-order valence-corrected chi connectivity index (χ2v) is 5.92. The maximum absolute atomic E-state index is 12.4. The summed E-state index contributed by atoms with van der Waals surface area (Å²) in [4.78, 5) is 23.6. The molecule has 0 saturated heterocycles. The van der Waals surface area contributed by atoms with E-state index in [1.165, 1.54) is 6.92 Å². The first-order chi connectivity index (χ1) is 12.6. The minimum Gasteiger partial charge on any atom is -0.348 e. The summed E-state index contributed by atoms with van der Waals surface area (Å²) >= 11 is 0. The van der Waals surface area contributed by atoms with Gasteiger partial charge in [0.25, 0.3) is 5.91 Å². The van der Waals surface area contributed by atoms with Gasteiger partial charge in [-0.1, -0.05) is 30.3 Å². The summed E-state index contributed by atoms with van der Waals surface area (Å²) in [7, 11) is 0. The molecular weight excluding hydrogens is 328 g/mol. The Hall–Kier alpha value is -3.41. The molecule has 3 rings (SSSR count). The SMILES string of the molecule is CC(=O)Nc1cccc(C(=O)NCc2ccccc2Cn2cccn2)c1. The molecule has 0 saturated carbocycles. The van der Waals surface area contributed by atoms with Crippen LogP contribution in [-0.4, -0.2) is 21.6 Å². The molecule has 6 heteroatoms. The van der Waals surface area contributed by atoms with Crippen molar-refractivity contribution in [1.29, 1.82) is 0 Å². The molecule has 3 aromatic rings. The third kappa shape index (κ3) is 4.57. The molecule has 0 aliphatic heterocycles. The minimum atomic E-state index is -0.189. The molecule has 2 amide bonds. The lowest BCUT2D eigenvalue weighted by atomic mass is 10.1. The molecule has 0 atom stereocenters. The number of nitrogens with one attached hydrogen (secondary N) is 2. The zero-order chi connectivity index (χ0) is 18.4. The Kier molecular flexibility index (Phi) is 5.43. The average molecular weight is 348 g/mol. The Morgan fingerprint density at radius 3 is 2.58 bits per heavy atom. The van der Waals surface area contributed by atoms with Crippen molar-refractivity contribution in [2.24, 2.45) is 0 Å². The summed E-state index contributed by atoms with van der Waals surface area (Å²) in [5.41, 5.74) is 3.24. The number of hydrogen-bond acceptors (Lipinski definition) is 3. The largest absolute Gasteiger partial charge is 0.348 e. The van der Waals surface area contributed by atoms with Crippen LogP contribution in [0.5, 0.6) is 0 Å². The van der Waals surface area contributed by atoms with Crippen molar-refractivity contribution in [2.45, 2.75) is 20.0 Å². The molecule has 26 heavy (non-hydrogen) atoms. The second kappa shape index (κ2) is 8.11. The highest BCUT2D eigenvalue weighted by molar-refractivity contribution is 5.96. The number of benzene rings is 2. The van der Waals surface area contributed by atoms with E-state index in [0.29, 0.717) is 24.3 Å². The van der Waals surface area contributed by atoms with E-state index in [2.05, 4.69) is 15.7 Å². The topological polar surface area (TPSA) is 76.0 Å². The van der Waals surface area contributed by atoms with Crippen molar-refractivity contribution in [3.05, 3.63) is 83.7 Å². The Balaban J connectivity index is 1.67. The molecule has 132 valence electrons. The minimum absolute atomic E-state index is 0.171. The van der Waals surface area contributed by atoms with E-state index in [4.69, 9.17) is 0 Å². The number of hydrogen-bond donors (Lipinski definition) is 2. The van der Waals surface area contributed by atoms with Crippen molar-refractivity contribution in [2.75, 3.05) is 5.32 Å². The van der Waals surface area contributed by atoms with Gasteiger partial charge in [-0.15, -0.1) is 0 Å². The number of carbonyl (C=O) groups excluding carboxylic acids is 2.